The highest BCUT2D eigenvalue weighted by molar-refractivity contribution is 6.32. The molecule has 1 atom stereocenters. The number of carbonyl (C=O) groups excluding carboxylic acids is 2. The zero-order valence-corrected chi connectivity index (χ0v) is 14.2. The number of carbonyl (C=O) groups is 2. The van der Waals surface area contributed by atoms with Crippen LogP contribution < -0.4 is 10.1 Å². The third-order valence-electron chi connectivity index (χ3n) is 3.32. The number of hydrogen-bond acceptors (Lipinski definition) is 4. The van der Waals surface area contributed by atoms with Crippen LogP contribution in [0.4, 0.5) is 5.69 Å². The molecule has 0 aliphatic rings. The van der Waals surface area contributed by atoms with Gasteiger partial charge in [0.15, 0.2) is 6.10 Å². The van der Waals surface area contributed by atoms with Crippen molar-refractivity contribution < 1.29 is 19.1 Å². The van der Waals surface area contributed by atoms with E-state index in [1.54, 1.807) is 48.5 Å². The lowest BCUT2D eigenvalue weighted by molar-refractivity contribution is -0.122. The Morgan fingerprint density at radius 1 is 1.17 bits per heavy atom. The third-order valence-corrected chi connectivity index (χ3v) is 3.63. The van der Waals surface area contributed by atoms with Gasteiger partial charge in [-0.05, 0) is 36.8 Å². The van der Waals surface area contributed by atoms with Crippen LogP contribution >= 0.6 is 11.6 Å². The zero-order chi connectivity index (χ0) is 17.5. The number of methoxy groups -OCH3 is 1. The molecular formula is C18H18ClNO4. The van der Waals surface area contributed by atoms with Crippen LogP contribution in [0.5, 0.6) is 5.75 Å². The number of amides is 1. The fourth-order valence-corrected chi connectivity index (χ4v) is 2.26. The molecule has 0 bridgehead atoms. The van der Waals surface area contributed by atoms with E-state index in [2.05, 4.69) is 10.1 Å². The Labute approximate surface area is 145 Å². The van der Waals surface area contributed by atoms with Gasteiger partial charge in [0.05, 0.1) is 17.7 Å². The predicted octanol–water partition coefficient (Wildman–Crippen LogP) is 3.92. The SMILES string of the molecule is CC[C@@H](Oc1ccccc1Cl)C(=O)Nc1cccc(C(=O)OC)c1. The van der Waals surface area contributed by atoms with E-state index in [4.69, 9.17) is 16.3 Å². The monoisotopic (exact) mass is 347 g/mol. The number of esters is 1. The van der Waals surface area contributed by atoms with Crippen LogP contribution in [0, 0.1) is 0 Å². The molecule has 0 fully saturated rings. The molecule has 2 aromatic carbocycles. The molecule has 0 saturated heterocycles. The molecule has 2 rings (SSSR count). The normalized spacial score (nSPS) is 11.5. The smallest absolute Gasteiger partial charge is 0.337 e. The summed E-state index contributed by atoms with van der Waals surface area (Å²) in [5.74, 6) is -0.339. The molecule has 0 aromatic heterocycles. The lowest BCUT2D eigenvalue weighted by Crippen LogP contribution is -2.32. The first-order valence-electron chi connectivity index (χ1n) is 7.45. The molecule has 0 unspecified atom stereocenters. The number of rotatable bonds is 6. The highest BCUT2D eigenvalue weighted by atomic mass is 35.5. The van der Waals surface area contributed by atoms with Gasteiger partial charge in [-0.1, -0.05) is 36.7 Å². The van der Waals surface area contributed by atoms with E-state index < -0.39 is 12.1 Å². The first kappa shape index (κ1) is 17.8. The largest absolute Gasteiger partial charge is 0.479 e. The number of ether oxygens (including phenoxy) is 2. The van der Waals surface area contributed by atoms with Gasteiger partial charge >= 0.3 is 5.97 Å². The van der Waals surface area contributed by atoms with Crippen LogP contribution in [0.1, 0.15) is 23.7 Å². The Morgan fingerprint density at radius 3 is 2.58 bits per heavy atom. The summed E-state index contributed by atoms with van der Waals surface area (Å²) >= 11 is 6.05. The Morgan fingerprint density at radius 2 is 1.92 bits per heavy atom. The van der Waals surface area contributed by atoms with E-state index in [1.807, 2.05) is 6.92 Å². The van der Waals surface area contributed by atoms with E-state index >= 15 is 0 Å². The molecule has 6 heteroatoms. The molecule has 5 nitrogen and oxygen atoms in total. The molecule has 0 heterocycles. The number of benzene rings is 2. The van der Waals surface area contributed by atoms with Gasteiger partial charge in [0, 0.05) is 5.69 Å². The minimum absolute atomic E-state index is 0.320. The van der Waals surface area contributed by atoms with Gasteiger partial charge in [0.2, 0.25) is 0 Å². The van der Waals surface area contributed by atoms with Crippen molar-refractivity contribution in [3.8, 4) is 5.75 Å². The van der Waals surface area contributed by atoms with Crippen LogP contribution in [0.3, 0.4) is 0 Å². The Balaban J connectivity index is 2.09. The summed E-state index contributed by atoms with van der Waals surface area (Å²) in [5, 5.41) is 3.18. The van der Waals surface area contributed by atoms with Gasteiger partial charge in [-0.15, -0.1) is 0 Å². The molecule has 1 N–H and O–H groups in total. The number of anilines is 1. The second-order valence-corrected chi connectivity index (χ2v) is 5.41. The van der Waals surface area contributed by atoms with Gasteiger partial charge in [0.25, 0.3) is 5.91 Å². The van der Waals surface area contributed by atoms with Crippen molar-refractivity contribution in [2.24, 2.45) is 0 Å². The molecule has 0 aliphatic heterocycles. The first-order chi connectivity index (χ1) is 11.5. The Bertz CT molecular complexity index is 732. The lowest BCUT2D eigenvalue weighted by Gasteiger charge is -2.18. The fourth-order valence-electron chi connectivity index (χ4n) is 2.08. The number of para-hydroxylation sites is 1. The molecule has 1 amide bonds. The molecule has 126 valence electrons. The van der Waals surface area contributed by atoms with Crippen molar-refractivity contribution in [3.63, 3.8) is 0 Å². The lowest BCUT2D eigenvalue weighted by atomic mass is 10.2. The molecule has 0 saturated carbocycles. The molecule has 2 aromatic rings. The number of nitrogens with one attached hydrogen (secondary N) is 1. The predicted molar refractivity (Wildman–Crippen MR) is 92.6 cm³/mol. The Hall–Kier alpha value is -2.53. The minimum Gasteiger partial charge on any atom is -0.479 e. The van der Waals surface area contributed by atoms with E-state index in [0.29, 0.717) is 28.4 Å². The van der Waals surface area contributed by atoms with Crippen LogP contribution in [-0.2, 0) is 9.53 Å². The van der Waals surface area contributed by atoms with Crippen LogP contribution in [0.2, 0.25) is 5.02 Å². The van der Waals surface area contributed by atoms with Crippen LogP contribution in [0.15, 0.2) is 48.5 Å². The average molecular weight is 348 g/mol. The molecule has 0 spiro atoms. The van der Waals surface area contributed by atoms with Gasteiger partial charge < -0.3 is 14.8 Å². The standard InChI is InChI=1S/C18H18ClNO4/c1-3-15(24-16-10-5-4-9-14(16)19)17(21)20-13-8-6-7-12(11-13)18(22)23-2/h4-11,15H,3H2,1-2H3,(H,20,21)/t15-/m1/s1. The number of halogens is 1. The zero-order valence-electron chi connectivity index (χ0n) is 13.4. The van der Waals surface area contributed by atoms with Crippen molar-refractivity contribution in [2.45, 2.75) is 19.4 Å². The molecular weight excluding hydrogens is 330 g/mol. The molecule has 0 radical (unpaired) electrons. The topological polar surface area (TPSA) is 64.6 Å². The van der Waals surface area contributed by atoms with Crippen molar-refractivity contribution >= 4 is 29.2 Å². The van der Waals surface area contributed by atoms with Crippen molar-refractivity contribution in [1.29, 1.82) is 0 Å². The summed E-state index contributed by atoms with van der Waals surface area (Å²) in [5.41, 5.74) is 0.847. The summed E-state index contributed by atoms with van der Waals surface area (Å²) in [4.78, 5) is 24.0. The van der Waals surface area contributed by atoms with Gasteiger partial charge in [-0.25, -0.2) is 4.79 Å². The highest BCUT2D eigenvalue weighted by Gasteiger charge is 2.20. The summed E-state index contributed by atoms with van der Waals surface area (Å²) in [6, 6.07) is 13.5. The maximum absolute atomic E-state index is 12.4. The molecule has 0 aliphatic carbocycles. The highest BCUT2D eigenvalue weighted by Crippen LogP contribution is 2.25. The van der Waals surface area contributed by atoms with E-state index in [0.717, 1.165) is 0 Å². The maximum Gasteiger partial charge on any atom is 0.337 e. The van der Waals surface area contributed by atoms with Gasteiger partial charge in [-0.3, -0.25) is 4.79 Å². The third kappa shape index (κ3) is 4.49. The van der Waals surface area contributed by atoms with Crippen LogP contribution in [-0.4, -0.2) is 25.1 Å². The van der Waals surface area contributed by atoms with E-state index in [9.17, 15) is 9.59 Å². The van der Waals surface area contributed by atoms with E-state index in [-0.39, 0.29) is 5.91 Å². The second kappa shape index (κ2) is 8.36. The average Bonchev–Trinajstić information content (AvgIpc) is 2.60. The number of hydrogen-bond donors (Lipinski definition) is 1. The maximum atomic E-state index is 12.4. The Kier molecular flexibility index (Phi) is 6.21. The summed E-state index contributed by atoms with van der Waals surface area (Å²) in [7, 11) is 1.30. The van der Waals surface area contributed by atoms with Crippen molar-refractivity contribution in [2.75, 3.05) is 12.4 Å². The summed E-state index contributed by atoms with van der Waals surface area (Å²) < 4.78 is 10.4. The first-order valence-corrected chi connectivity index (χ1v) is 7.83. The minimum atomic E-state index is -0.702. The molecule has 24 heavy (non-hydrogen) atoms. The quantitative estimate of drug-likeness (QED) is 0.804. The van der Waals surface area contributed by atoms with Crippen LogP contribution in [0.25, 0.3) is 0 Å². The van der Waals surface area contributed by atoms with Crippen molar-refractivity contribution in [1.82, 2.24) is 0 Å². The van der Waals surface area contributed by atoms with E-state index in [1.165, 1.54) is 7.11 Å². The summed E-state index contributed by atoms with van der Waals surface area (Å²) in [6.45, 7) is 1.84. The van der Waals surface area contributed by atoms with Crippen molar-refractivity contribution in [3.05, 3.63) is 59.1 Å². The summed E-state index contributed by atoms with van der Waals surface area (Å²) in [6.07, 6.45) is -0.236. The van der Waals surface area contributed by atoms with Gasteiger partial charge in [-0.2, -0.15) is 0 Å². The fraction of sp³-hybridized carbons (Fsp3) is 0.222. The second-order valence-electron chi connectivity index (χ2n) is 5.01. The van der Waals surface area contributed by atoms with Gasteiger partial charge in [0.1, 0.15) is 5.75 Å².